The van der Waals surface area contributed by atoms with Crippen molar-refractivity contribution in [1.29, 1.82) is 0 Å². The molecule has 0 saturated heterocycles. The summed E-state index contributed by atoms with van der Waals surface area (Å²) in [6, 6.07) is 3.56. The van der Waals surface area contributed by atoms with Gasteiger partial charge < -0.3 is 14.9 Å². The molecular weight excluding hydrogens is 322 g/mol. The van der Waals surface area contributed by atoms with Gasteiger partial charge in [-0.25, -0.2) is 0 Å². The first kappa shape index (κ1) is 17.1. The summed E-state index contributed by atoms with van der Waals surface area (Å²) in [5.41, 5.74) is 2.00. The summed E-state index contributed by atoms with van der Waals surface area (Å²) in [6.07, 6.45) is 7.81. The summed E-state index contributed by atoms with van der Waals surface area (Å²) >= 11 is 0. The smallest absolute Gasteiger partial charge is 0.381 e. The van der Waals surface area contributed by atoms with Crippen LogP contribution < -0.4 is 4.74 Å². The maximum atomic E-state index is 12.8. The van der Waals surface area contributed by atoms with Crippen molar-refractivity contribution in [3.63, 3.8) is 0 Å². The molecule has 0 atom stereocenters. The Labute approximate surface area is 145 Å². The largest absolute Gasteiger partial charge is 0.496 e. The molecule has 1 aromatic carbocycles. The first-order valence-electron chi connectivity index (χ1n) is 8.40. The number of carbonyl (C=O) groups excluding carboxylic acids is 1. The predicted molar refractivity (Wildman–Crippen MR) is 92.4 cm³/mol. The van der Waals surface area contributed by atoms with Crippen molar-refractivity contribution in [1.82, 2.24) is 9.55 Å². The molecule has 1 heterocycles. The Morgan fingerprint density at radius 1 is 1.40 bits per heavy atom. The average Bonchev–Trinajstić information content (AvgIpc) is 3.25. The second-order valence-corrected chi connectivity index (χ2v) is 6.52. The zero-order valence-corrected chi connectivity index (χ0v) is 14.4. The van der Waals surface area contributed by atoms with E-state index in [2.05, 4.69) is 4.98 Å². The lowest BCUT2D eigenvalue weighted by Gasteiger charge is -2.15. The number of ether oxygens (including phenoxy) is 1. The van der Waals surface area contributed by atoms with Crippen molar-refractivity contribution in [2.45, 2.75) is 39.0 Å². The van der Waals surface area contributed by atoms with Crippen LogP contribution in [0.5, 0.6) is 5.75 Å². The number of methoxy groups -OCH3 is 1. The molecule has 1 aliphatic carbocycles. The van der Waals surface area contributed by atoms with E-state index in [0.717, 1.165) is 18.4 Å². The van der Waals surface area contributed by atoms with Crippen LogP contribution in [0.25, 0.3) is 5.69 Å². The summed E-state index contributed by atoms with van der Waals surface area (Å²) in [6.45, 7) is 1.86. The minimum Gasteiger partial charge on any atom is -0.496 e. The number of benzene rings is 1. The van der Waals surface area contributed by atoms with E-state index in [4.69, 9.17) is 4.74 Å². The number of hydrogen-bond acceptors (Lipinski definition) is 5. The van der Waals surface area contributed by atoms with E-state index in [-0.39, 0.29) is 11.6 Å². The van der Waals surface area contributed by atoms with Crippen LogP contribution >= 0.6 is 0 Å². The molecule has 25 heavy (non-hydrogen) atoms. The average molecular weight is 343 g/mol. The van der Waals surface area contributed by atoms with Gasteiger partial charge in [-0.1, -0.05) is 25.7 Å². The normalized spacial score (nSPS) is 14.6. The Kier molecular flexibility index (Phi) is 4.83. The Morgan fingerprint density at radius 2 is 2.12 bits per heavy atom. The molecule has 1 aliphatic rings. The van der Waals surface area contributed by atoms with Crippen LogP contribution in [0.15, 0.2) is 24.7 Å². The molecule has 1 aromatic heterocycles. The Bertz CT molecular complexity index is 807. The molecule has 0 spiro atoms. The molecule has 0 aliphatic heterocycles. The fraction of sp³-hybridized carbons (Fsp3) is 0.444. The van der Waals surface area contributed by atoms with Crippen molar-refractivity contribution in [3.05, 3.63) is 45.9 Å². The van der Waals surface area contributed by atoms with Gasteiger partial charge in [0.2, 0.25) is 6.33 Å². The van der Waals surface area contributed by atoms with Gasteiger partial charge in [-0.05, 0) is 40.4 Å². The monoisotopic (exact) mass is 343 g/mol. The molecule has 0 unspecified atom stereocenters. The summed E-state index contributed by atoms with van der Waals surface area (Å²) in [4.78, 5) is 26.9. The van der Waals surface area contributed by atoms with Gasteiger partial charge in [0.25, 0.3) is 0 Å². The standard InChI is InChI=1S/C18H21N3O4/c1-12-7-14(20-10-17(19-11-20)21(23)24)9-15(18(12)25-2)16(22)8-13-5-3-4-6-13/h7,9-11,13H,3-6,8H2,1-2H3. The number of aryl methyl sites for hydroxylation is 1. The van der Waals surface area contributed by atoms with Crippen molar-refractivity contribution < 1.29 is 14.5 Å². The van der Waals surface area contributed by atoms with Crippen LogP contribution in [0, 0.1) is 23.0 Å². The third-order valence-electron chi connectivity index (χ3n) is 4.77. The third-order valence-corrected chi connectivity index (χ3v) is 4.77. The third kappa shape index (κ3) is 3.55. The second kappa shape index (κ2) is 7.04. The van der Waals surface area contributed by atoms with Gasteiger partial charge in [0.15, 0.2) is 5.78 Å². The molecule has 0 N–H and O–H groups in total. The van der Waals surface area contributed by atoms with E-state index < -0.39 is 4.92 Å². The topological polar surface area (TPSA) is 87.3 Å². The zero-order chi connectivity index (χ0) is 18.0. The molecule has 2 aromatic rings. The maximum Gasteiger partial charge on any atom is 0.381 e. The number of carbonyl (C=O) groups is 1. The number of imidazole rings is 1. The fourth-order valence-electron chi connectivity index (χ4n) is 3.52. The van der Waals surface area contributed by atoms with Crippen LogP contribution in [0.2, 0.25) is 0 Å². The number of Topliss-reactive ketones (excluding diaryl/α,β-unsaturated/α-hetero) is 1. The van der Waals surface area contributed by atoms with Crippen LogP contribution in [0.4, 0.5) is 5.82 Å². The Morgan fingerprint density at radius 3 is 2.72 bits per heavy atom. The minimum atomic E-state index is -0.543. The molecule has 0 bridgehead atoms. The molecule has 7 heteroatoms. The molecule has 1 fully saturated rings. The van der Waals surface area contributed by atoms with Gasteiger partial charge in [0.05, 0.1) is 18.4 Å². The molecule has 132 valence electrons. The lowest BCUT2D eigenvalue weighted by atomic mass is 9.95. The summed E-state index contributed by atoms with van der Waals surface area (Å²) < 4.78 is 6.99. The number of nitrogens with zero attached hydrogens (tertiary/aromatic N) is 3. The van der Waals surface area contributed by atoms with E-state index in [0.29, 0.717) is 29.3 Å². The molecule has 7 nitrogen and oxygen atoms in total. The lowest BCUT2D eigenvalue weighted by molar-refractivity contribution is -0.389. The molecule has 3 rings (SSSR count). The van der Waals surface area contributed by atoms with Gasteiger partial charge in [0, 0.05) is 6.42 Å². The van der Waals surface area contributed by atoms with Crippen molar-refractivity contribution in [2.24, 2.45) is 5.92 Å². The van der Waals surface area contributed by atoms with Gasteiger partial charge in [0.1, 0.15) is 11.9 Å². The minimum absolute atomic E-state index is 0.0586. The highest BCUT2D eigenvalue weighted by Crippen LogP contribution is 2.33. The van der Waals surface area contributed by atoms with Gasteiger partial charge >= 0.3 is 5.82 Å². The molecule has 0 amide bonds. The molecule has 1 saturated carbocycles. The van der Waals surface area contributed by atoms with Crippen molar-refractivity contribution in [3.8, 4) is 11.4 Å². The van der Waals surface area contributed by atoms with Crippen LogP contribution in [-0.4, -0.2) is 27.4 Å². The van der Waals surface area contributed by atoms with Crippen LogP contribution in [-0.2, 0) is 0 Å². The van der Waals surface area contributed by atoms with Gasteiger partial charge in [-0.2, -0.15) is 0 Å². The first-order chi connectivity index (χ1) is 12.0. The van der Waals surface area contributed by atoms with E-state index in [9.17, 15) is 14.9 Å². The second-order valence-electron chi connectivity index (χ2n) is 6.52. The number of hydrogen-bond donors (Lipinski definition) is 0. The fourth-order valence-corrected chi connectivity index (χ4v) is 3.52. The summed E-state index contributed by atoms with van der Waals surface area (Å²) in [7, 11) is 1.55. The number of nitro groups is 1. The highest BCUT2D eigenvalue weighted by molar-refractivity contribution is 5.99. The number of aromatic nitrogens is 2. The summed E-state index contributed by atoms with van der Waals surface area (Å²) in [5, 5.41) is 10.8. The SMILES string of the molecule is COc1c(C)cc(-n2cnc([N+](=O)[O-])c2)cc1C(=O)CC1CCCC1. The van der Waals surface area contributed by atoms with Crippen LogP contribution in [0.1, 0.15) is 48.0 Å². The van der Waals surface area contributed by atoms with Gasteiger partial charge in [-0.3, -0.25) is 9.36 Å². The quantitative estimate of drug-likeness (QED) is 0.451. The van der Waals surface area contributed by atoms with Crippen molar-refractivity contribution in [2.75, 3.05) is 7.11 Å². The Balaban J connectivity index is 1.96. The van der Waals surface area contributed by atoms with E-state index in [1.54, 1.807) is 17.7 Å². The van der Waals surface area contributed by atoms with E-state index in [1.165, 1.54) is 25.4 Å². The predicted octanol–water partition coefficient (Wildman–Crippen LogP) is 3.86. The maximum absolute atomic E-state index is 12.8. The van der Waals surface area contributed by atoms with Gasteiger partial charge in [-0.15, -0.1) is 0 Å². The zero-order valence-electron chi connectivity index (χ0n) is 14.4. The Hall–Kier alpha value is -2.70. The molecular formula is C18H21N3O4. The highest BCUT2D eigenvalue weighted by Gasteiger charge is 2.23. The number of ketones is 1. The first-order valence-corrected chi connectivity index (χ1v) is 8.40. The lowest BCUT2D eigenvalue weighted by Crippen LogP contribution is -2.09. The number of rotatable bonds is 6. The van der Waals surface area contributed by atoms with Crippen LogP contribution in [0.3, 0.4) is 0 Å². The van der Waals surface area contributed by atoms with E-state index in [1.807, 2.05) is 13.0 Å². The molecule has 0 radical (unpaired) electrons. The van der Waals surface area contributed by atoms with E-state index >= 15 is 0 Å². The summed E-state index contributed by atoms with van der Waals surface area (Å²) in [5.74, 6) is 0.840. The highest BCUT2D eigenvalue weighted by atomic mass is 16.6. The van der Waals surface area contributed by atoms with Crippen molar-refractivity contribution >= 4 is 11.6 Å².